The van der Waals surface area contributed by atoms with Gasteiger partial charge in [0.25, 0.3) is 0 Å². The second-order valence-corrected chi connectivity index (χ2v) is 1.91. The van der Waals surface area contributed by atoms with E-state index in [0.717, 1.165) is 12.8 Å². The van der Waals surface area contributed by atoms with Crippen molar-refractivity contribution < 1.29 is 9.53 Å². The molecule has 0 aliphatic heterocycles. The van der Waals surface area contributed by atoms with Gasteiger partial charge in [-0.25, -0.2) is 4.79 Å². The highest BCUT2D eigenvalue weighted by Crippen LogP contribution is 1.87. The number of carbonyl (C=O) groups excluding carboxylic acids is 1. The zero-order chi connectivity index (χ0) is 7.82. The molecule has 0 spiro atoms. The molecule has 0 unspecified atom stereocenters. The Labute approximate surface area is 61.8 Å². The molecule has 1 radical (unpaired) electrons. The molecule has 3 nitrogen and oxygen atoms in total. The normalized spacial score (nSPS) is 9.00. The summed E-state index contributed by atoms with van der Waals surface area (Å²) in [4.78, 5) is 10.6. The van der Waals surface area contributed by atoms with Crippen LogP contribution in [0.5, 0.6) is 0 Å². The van der Waals surface area contributed by atoms with Gasteiger partial charge in [0.2, 0.25) is 0 Å². The Morgan fingerprint density at radius 2 is 2.30 bits per heavy atom. The van der Waals surface area contributed by atoms with Crippen LogP contribution < -0.4 is 5.32 Å². The molecule has 10 heavy (non-hydrogen) atoms. The third-order valence-electron chi connectivity index (χ3n) is 0.876. The lowest BCUT2D eigenvalue weighted by Gasteiger charge is -2.02. The van der Waals surface area contributed by atoms with E-state index in [1.54, 1.807) is 0 Å². The fraction of sp³-hybridized carbons (Fsp3) is 0.714. The third kappa shape index (κ3) is 5.41. The predicted octanol–water partition coefficient (Wildman–Crippen LogP) is 1.69. The summed E-state index contributed by atoms with van der Waals surface area (Å²) in [5, 5.41) is 2.57. The summed E-state index contributed by atoms with van der Waals surface area (Å²) >= 11 is 0. The van der Waals surface area contributed by atoms with Crippen molar-refractivity contribution in [3.8, 4) is 0 Å². The first-order valence-corrected chi connectivity index (χ1v) is 3.57. The number of alkyl carbamates (subject to hydrolysis) is 1. The van der Waals surface area contributed by atoms with E-state index in [4.69, 9.17) is 0 Å². The maximum atomic E-state index is 10.6. The van der Waals surface area contributed by atoms with Gasteiger partial charge in [0.05, 0.1) is 0 Å². The molecule has 0 fully saturated rings. The Hall–Kier alpha value is -0.730. The van der Waals surface area contributed by atoms with E-state index in [9.17, 15) is 4.79 Å². The van der Waals surface area contributed by atoms with Crippen LogP contribution in [0.1, 0.15) is 26.7 Å². The molecular formula is C7H14NO2. The zero-order valence-corrected chi connectivity index (χ0v) is 6.52. The Morgan fingerprint density at radius 3 is 2.80 bits per heavy atom. The van der Waals surface area contributed by atoms with E-state index in [1.165, 1.54) is 6.61 Å². The van der Waals surface area contributed by atoms with Gasteiger partial charge in [-0.2, -0.15) is 0 Å². The van der Waals surface area contributed by atoms with Gasteiger partial charge < -0.3 is 10.1 Å². The van der Waals surface area contributed by atoms with Crippen molar-refractivity contribution in [1.29, 1.82) is 0 Å². The molecule has 0 aromatic rings. The van der Waals surface area contributed by atoms with Crippen LogP contribution in [0.4, 0.5) is 4.79 Å². The molecule has 0 aromatic heterocycles. The Balaban J connectivity index is 3.09. The fourth-order valence-electron chi connectivity index (χ4n) is 0.428. The molecule has 0 bridgehead atoms. The minimum atomic E-state index is -0.358. The van der Waals surface area contributed by atoms with Crippen LogP contribution in [0.3, 0.4) is 0 Å². The zero-order valence-electron chi connectivity index (χ0n) is 6.52. The number of hydrogen-bond acceptors (Lipinski definition) is 2. The Kier molecular flexibility index (Phi) is 5.92. The summed E-state index contributed by atoms with van der Waals surface area (Å²) in [5.74, 6) is 0. The average molecular weight is 144 g/mol. The van der Waals surface area contributed by atoms with Gasteiger partial charge in [0.1, 0.15) is 6.61 Å². The second kappa shape index (κ2) is 6.39. The standard InChI is InChI=1S/C7H14NO2/c1-3-5-8-7(9)10-6-4-2/h6H,3-5H2,1-2H3,(H,8,9). The van der Waals surface area contributed by atoms with Crippen LogP contribution >= 0.6 is 0 Å². The maximum absolute atomic E-state index is 10.6. The molecule has 0 aromatic carbocycles. The second-order valence-electron chi connectivity index (χ2n) is 1.91. The molecule has 0 atom stereocenters. The summed E-state index contributed by atoms with van der Waals surface area (Å²) in [6.45, 7) is 6.05. The summed E-state index contributed by atoms with van der Waals surface area (Å²) in [7, 11) is 0. The summed E-state index contributed by atoms with van der Waals surface area (Å²) in [6.07, 6.45) is 1.32. The smallest absolute Gasteiger partial charge is 0.407 e. The van der Waals surface area contributed by atoms with Crippen LogP contribution in [0, 0.1) is 6.61 Å². The number of hydrogen-bond donors (Lipinski definition) is 1. The molecule has 59 valence electrons. The molecule has 0 aliphatic rings. The number of amides is 1. The molecule has 0 rings (SSSR count). The van der Waals surface area contributed by atoms with E-state index in [2.05, 4.69) is 10.1 Å². The Morgan fingerprint density at radius 1 is 1.60 bits per heavy atom. The first-order valence-electron chi connectivity index (χ1n) is 3.57. The monoisotopic (exact) mass is 144 g/mol. The highest BCUT2D eigenvalue weighted by Gasteiger charge is 1.96. The molecule has 3 heteroatoms. The fourth-order valence-corrected chi connectivity index (χ4v) is 0.428. The molecule has 0 saturated carbocycles. The molecular weight excluding hydrogens is 130 g/mol. The number of ether oxygens (including phenoxy) is 1. The van der Waals surface area contributed by atoms with E-state index in [0.29, 0.717) is 6.54 Å². The van der Waals surface area contributed by atoms with Gasteiger partial charge in [-0.1, -0.05) is 13.8 Å². The highest BCUT2D eigenvalue weighted by molar-refractivity contribution is 5.67. The van der Waals surface area contributed by atoms with Crippen molar-refractivity contribution in [2.45, 2.75) is 26.7 Å². The van der Waals surface area contributed by atoms with Crippen LogP contribution in [-0.4, -0.2) is 12.6 Å². The van der Waals surface area contributed by atoms with Crippen molar-refractivity contribution >= 4 is 6.09 Å². The lowest BCUT2D eigenvalue weighted by Crippen LogP contribution is -2.23. The van der Waals surface area contributed by atoms with Crippen molar-refractivity contribution in [1.82, 2.24) is 5.32 Å². The van der Waals surface area contributed by atoms with Gasteiger partial charge >= 0.3 is 6.09 Å². The SMILES string of the molecule is CC[CH]OC(=O)NCCC. The minimum absolute atomic E-state index is 0.358. The first kappa shape index (κ1) is 9.27. The maximum Gasteiger partial charge on any atom is 0.407 e. The summed E-state index contributed by atoms with van der Waals surface area (Å²) in [5.41, 5.74) is 0. The van der Waals surface area contributed by atoms with Gasteiger partial charge in [-0.05, 0) is 12.8 Å². The molecule has 0 saturated heterocycles. The van der Waals surface area contributed by atoms with Gasteiger partial charge in [-0.15, -0.1) is 0 Å². The molecule has 1 amide bonds. The van der Waals surface area contributed by atoms with E-state index in [1.807, 2.05) is 13.8 Å². The molecule has 1 N–H and O–H groups in total. The minimum Gasteiger partial charge on any atom is -0.442 e. The van der Waals surface area contributed by atoms with Gasteiger partial charge in [0.15, 0.2) is 0 Å². The average Bonchev–Trinajstić information content (AvgIpc) is 1.97. The van der Waals surface area contributed by atoms with Crippen LogP contribution in [0.25, 0.3) is 0 Å². The Bertz CT molecular complexity index is 83.6. The van der Waals surface area contributed by atoms with E-state index < -0.39 is 0 Å². The predicted molar refractivity (Wildman–Crippen MR) is 39.4 cm³/mol. The largest absolute Gasteiger partial charge is 0.442 e. The van der Waals surface area contributed by atoms with Crippen LogP contribution in [0.15, 0.2) is 0 Å². The van der Waals surface area contributed by atoms with Crippen molar-refractivity contribution in [2.75, 3.05) is 6.54 Å². The first-order chi connectivity index (χ1) is 4.81. The number of carbonyl (C=O) groups is 1. The van der Waals surface area contributed by atoms with Crippen molar-refractivity contribution in [3.63, 3.8) is 0 Å². The lowest BCUT2D eigenvalue weighted by molar-refractivity contribution is 0.170. The van der Waals surface area contributed by atoms with E-state index >= 15 is 0 Å². The number of rotatable bonds is 4. The quantitative estimate of drug-likeness (QED) is 0.652. The van der Waals surface area contributed by atoms with Crippen molar-refractivity contribution in [3.05, 3.63) is 6.61 Å². The topological polar surface area (TPSA) is 38.3 Å². The summed E-state index contributed by atoms with van der Waals surface area (Å²) < 4.78 is 4.62. The van der Waals surface area contributed by atoms with Gasteiger partial charge in [0, 0.05) is 6.54 Å². The van der Waals surface area contributed by atoms with Crippen molar-refractivity contribution in [2.24, 2.45) is 0 Å². The molecule has 0 heterocycles. The van der Waals surface area contributed by atoms with Gasteiger partial charge in [-0.3, -0.25) is 0 Å². The summed E-state index contributed by atoms with van der Waals surface area (Å²) in [6, 6.07) is 0. The van der Waals surface area contributed by atoms with Crippen LogP contribution in [-0.2, 0) is 4.74 Å². The molecule has 0 aliphatic carbocycles. The van der Waals surface area contributed by atoms with E-state index in [-0.39, 0.29) is 6.09 Å². The van der Waals surface area contributed by atoms with Crippen LogP contribution in [0.2, 0.25) is 0 Å². The number of nitrogens with one attached hydrogen (secondary N) is 1. The third-order valence-corrected chi connectivity index (χ3v) is 0.876. The highest BCUT2D eigenvalue weighted by atomic mass is 16.5. The lowest BCUT2D eigenvalue weighted by atomic mass is 10.5.